The van der Waals surface area contributed by atoms with Gasteiger partial charge in [0, 0.05) is 32.2 Å². The summed E-state index contributed by atoms with van der Waals surface area (Å²) < 4.78 is 11.2. The maximum Gasteiger partial charge on any atom is 0.317 e. The molecule has 0 aromatic heterocycles. The maximum absolute atomic E-state index is 11.8. The van der Waals surface area contributed by atoms with Crippen molar-refractivity contribution in [2.75, 3.05) is 43.1 Å². The van der Waals surface area contributed by atoms with Crippen molar-refractivity contribution in [1.29, 1.82) is 0 Å². The molecule has 0 radical (unpaired) electrons. The van der Waals surface area contributed by atoms with Crippen LogP contribution in [0.5, 0.6) is 11.5 Å². The zero-order valence-electron chi connectivity index (χ0n) is 18.6. The third-order valence-corrected chi connectivity index (χ3v) is 5.73. The van der Waals surface area contributed by atoms with Crippen LogP contribution < -0.4 is 19.3 Å². The SMILES string of the molecule is COc1ccccc1N1CCN(c2cc(OCc3ccccc3)c([N+](=O)[O-])cc2[N+](=O)[O-])CC1. The standard InChI is InChI=1S/C24H24N4O6/c1-33-23-10-6-5-9-19(23)25-11-13-26(14-12-25)20-16-24(34-17-18-7-3-2-4-8-18)22(28(31)32)15-21(20)27(29)30/h2-10,15-16H,11-14,17H2,1H3. The fraction of sp³-hybridized carbons (Fsp3) is 0.250. The molecule has 0 bridgehead atoms. The van der Waals surface area contributed by atoms with E-state index in [1.807, 2.05) is 59.5 Å². The maximum atomic E-state index is 11.8. The lowest BCUT2D eigenvalue weighted by Crippen LogP contribution is -2.46. The summed E-state index contributed by atoms with van der Waals surface area (Å²) in [6.07, 6.45) is 0. The molecule has 1 fully saturated rings. The van der Waals surface area contributed by atoms with Crippen LogP contribution in [0.2, 0.25) is 0 Å². The Hall–Kier alpha value is -4.34. The zero-order chi connectivity index (χ0) is 24.1. The molecule has 1 aliphatic rings. The Balaban J connectivity index is 1.60. The van der Waals surface area contributed by atoms with E-state index >= 15 is 0 Å². The summed E-state index contributed by atoms with van der Waals surface area (Å²) in [6, 6.07) is 19.3. The van der Waals surface area contributed by atoms with Gasteiger partial charge in [0.15, 0.2) is 5.75 Å². The van der Waals surface area contributed by atoms with Crippen LogP contribution in [-0.2, 0) is 6.61 Å². The molecule has 34 heavy (non-hydrogen) atoms. The van der Waals surface area contributed by atoms with E-state index in [0.29, 0.717) is 31.9 Å². The van der Waals surface area contributed by atoms with Gasteiger partial charge in [0.25, 0.3) is 5.69 Å². The lowest BCUT2D eigenvalue weighted by Gasteiger charge is -2.37. The second kappa shape index (κ2) is 10.1. The molecular weight excluding hydrogens is 440 g/mol. The predicted molar refractivity (Wildman–Crippen MR) is 128 cm³/mol. The first-order valence-electron chi connectivity index (χ1n) is 10.7. The molecule has 1 heterocycles. The number of nitro groups is 2. The van der Waals surface area contributed by atoms with Gasteiger partial charge in [-0.15, -0.1) is 0 Å². The van der Waals surface area contributed by atoms with Crippen LogP contribution in [0.4, 0.5) is 22.7 Å². The molecule has 3 aromatic rings. The number of benzene rings is 3. The van der Waals surface area contributed by atoms with Gasteiger partial charge in [-0.05, 0) is 17.7 Å². The summed E-state index contributed by atoms with van der Waals surface area (Å²) in [5.74, 6) is 0.760. The molecule has 0 aliphatic carbocycles. The molecule has 0 spiro atoms. The van der Waals surface area contributed by atoms with E-state index in [1.165, 1.54) is 6.07 Å². The second-order valence-corrected chi connectivity index (χ2v) is 7.74. The average molecular weight is 464 g/mol. The number of nitrogens with zero attached hydrogens (tertiary/aromatic N) is 4. The van der Waals surface area contributed by atoms with Gasteiger partial charge in [0.1, 0.15) is 18.0 Å². The van der Waals surface area contributed by atoms with E-state index in [4.69, 9.17) is 9.47 Å². The first-order valence-corrected chi connectivity index (χ1v) is 10.7. The van der Waals surface area contributed by atoms with E-state index < -0.39 is 15.5 Å². The van der Waals surface area contributed by atoms with Crippen molar-refractivity contribution in [2.24, 2.45) is 0 Å². The molecule has 1 aliphatic heterocycles. The van der Waals surface area contributed by atoms with Gasteiger partial charge in [-0.25, -0.2) is 0 Å². The topological polar surface area (TPSA) is 111 Å². The van der Waals surface area contributed by atoms with E-state index in [-0.39, 0.29) is 18.0 Å². The van der Waals surface area contributed by atoms with E-state index in [0.717, 1.165) is 23.1 Å². The molecule has 3 aromatic carbocycles. The van der Waals surface area contributed by atoms with Crippen molar-refractivity contribution < 1.29 is 19.3 Å². The lowest BCUT2D eigenvalue weighted by atomic mass is 10.1. The van der Waals surface area contributed by atoms with Crippen LogP contribution in [0.25, 0.3) is 0 Å². The monoisotopic (exact) mass is 464 g/mol. The molecule has 176 valence electrons. The van der Waals surface area contributed by atoms with Crippen LogP contribution >= 0.6 is 0 Å². The summed E-state index contributed by atoms with van der Waals surface area (Å²) >= 11 is 0. The van der Waals surface area contributed by atoms with Gasteiger partial charge in [-0.2, -0.15) is 0 Å². The Morgan fingerprint density at radius 1 is 0.765 bits per heavy atom. The summed E-state index contributed by atoms with van der Waals surface area (Å²) in [5, 5.41) is 23.4. The molecule has 0 unspecified atom stereocenters. The molecule has 4 rings (SSSR count). The molecule has 10 nitrogen and oxygen atoms in total. The van der Waals surface area contributed by atoms with Gasteiger partial charge < -0.3 is 19.3 Å². The lowest BCUT2D eigenvalue weighted by molar-refractivity contribution is -0.394. The Morgan fingerprint density at radius 3 is 1.97 bits per heavy atom. The van der Waals surface area contributed by atoms with Gasteiger partial charge in [0.05, 0.1) is 28.7 Å². The zero-order valence-corrected chi connectivity index (χ0v) is 18.6. The Bertz CT molecular complexity index is 1180. The van der Waals surface area contributed by atoms with Crippen molar-refractivity contribution in [3.63, 3.8) is 0 Å². The average Bonchev–Trinajstić information content (AvgIpc) is 2.87. The fourth-order valence-corrected chi connectivity index (χ4v) is 4.02. The molecular formula is C24H24N4O6. The number of rotatable bonds is 8. The molecule has 10 heteroatoms. The van der Waals surface area contributed by atoms with Gasteiger partial charge in [-0.3, -0.25) is 20.2 Å². The Morgan fingerprint density at radius 2 is 1.35 bits per heavy atom. The van der Waals surface area contributed by atoms with Crippen LogP contribution in [-0.4, -0.2) is 43.1 Å². The highest BCUT2D eigenvalue weighted by Gasteiger charge is 2.30. The van der Waals surface area contributed by atoms with Gasteiger partial charge >= 0.3 is 5.69 Å². The number of ether oxygens (including phenoxy) is 2. The molecule has 0 amide bonds. The van der Waals surface area contributed by atoms with Crippen molar-refractivity contribution in [1.82, 2.24) is 0 Å². The molecule has 0 saturated carbocycles. The van der Waals surface area contributed by atoms with E-state index in [2.05, 4.69) is 4.90 Å². The molecule has 1 saturated heterocycles. The number of nitro benzene ring substituents is 2. The van der Waals surface area contributed by atoms with Crippen LogP contribution in [0.15, 0.2) is 66.7 Å². The van der Waals surface area contributed by atoms with Crippen molar-refractivity contribution >= 4 is 22.7 Å². The first-order chi connectivity index (χ1) is 16.5. The fourth-order valence-electron chi connectivity index (χ4n) is 4.02. The van der Waals surface area contributed by atoms with Crippen molar-refractivity contribution in [2.45, 2.75) is 6.61 Å². The smallest absolute Gasteiger partial charge is 0.317 e. The van der Waals surface area contributed by atoms with Crippen LogP contribution in [0.1, 0.15) is 5.56 Å². The number of para-hydroxylation sites is 2. The minimum atomic E-state index is -0.656. The minimum Gasteiger partial charge on any atom is -0.495 e. The summed E-state index contributed by atoms with van der Waals surface area (Å²) in [5.41, 5.74) is 1.35. The highest BCUT2D eigenvalue weighted by atomic mass is 16.6. The summed E-state index contributed by atoms with van der Waals surface area (Å²) in [4.78, 5) is 26.2. The number of piperazine rings is 1. The number of methoxy groups -OCH3 is 1. The second-order valence-electron chi connectivity index (χ2n) is 7.74. The summed E-state index contributed by atoms with van der Waals surface area (Å²) in [7, 11) is 1.62. The van der Waals surface area contributed by atoms with Gasteiger partial charge in [-0.1, -0.05) is 42.5 Å². The van der Waals surface area contributed by atoms with Gasteiger partial charge in [0.2, 0.25) is 0 Å². The third kappa shape index (κ3) is 4.85. The number of hydrogen-bond acceptors (Lipinski definition) is 8. The van der Waals surface area contributed by atoms with Crippen molar-refractivity contribution in [3.8, 4) is 11.5 Å². The number of anilines is 2. The first kappa shape index (κ1) is 22.8. The Kier molecular flexibility index (Phi) is 6.77. The largest absolute Gasteiger partial charge is 0.495 e. The highest BCUT2D eigenvalue weighted by molar-refractivity contribution is 5.72. The Labute approximate surface area is 196 Å². The number of hydrogen-bond donors (Lipinski definition) is 0. The van der Waals surface area contributed by atoms with Crippen molar-refractivity contribution in [3.05, 3.63) is 92.5 Å². The summed E-state index contributed by atoms with van der Waals surface area (Å²) in [6.45, 7) is 2.31. The van der Waals surface area contributed by atoms with Crippen LogP contribution in [0.3, 0.4) is 0 Å². The van der Waals surface area contributed by atoms with E-state index in [9.17, 15) is 20.2 Å². The quantitative estimate of drug-likeness (QED) is 0.356. The molecule has 0 N–H and O–H groups in total. The van der Waals surface area contributed by atoms with Crippen LogP contribution in [0, 0.1) is 20.2 Å². The highest BCUT2D eigenvalue weighted by Crippen LogP contribution is 2.40. The molecule has 0 atom stereocenters. The third-order valence-electron chi connectivity index (χ3n) is 5.73. The normalized spacial score (nSPS) is 13.4. The van der Waals surface area contributed by atoms with E-state index in [1.54, 1.807) is 7.11 Å². The minimum absolute atomic E-state index is 0.00149. The predicted octanol–water partition coefficient (Wildman–Crippen LogP) is 4.42.